The summed E-state index contributed by atoms with van der Waals surface area (Å²) in [6.45, 7) is 11.2. The molecule has 1 atom stereocenters. The molecule has 156 valence electrons. The van der Waals surface area contributed by atoms with E-state index in [0.717, 1.165) is 34.2 Å². The molecular formula is C25H34N2O2. The summed E-state index contributed by atoms with van der Waals surface area (Å²) in [4.78, 5) is 27.9. The molecule has 2 aromatic rings. The molecule has 29 heavy (non-hydrogen) atoms. The number of rotatable bonds is 9. The highest BCUT2D eigenvalue weighted by atomic mass is 16.2. The number of amides is 2. The highest BCUT2D eigenvalue weighted by molar-refractivity contribution is 5.88. The minimum Gasteiger partial charge on any atom is -0.354 e. The molecular weight excluding hydrogens is 360 g/mol. The van der Waals surface area contributed by atoms with E-state index in [2.05, 4.69) is 23.5 Å². The van der Waals surface area contributed by atoms with Crippen molar-refractivity contribution in [1.29, 1.82) is 0 Å². The second kappa shape index (κ2) is 10.8. The molecule has 0 spiro atoms. The quantitative estimate of drug-likeness (QED) is 0.681. The van der Waals surface area contributed by atoms with Crippen molar-refractivity contribution in [3.63, 3.8) is 0 Å². The largest absolute Gasteiger partial charge is 0.354 e. The fourth-order valence-corrected chi connectivity index (χ4v) is 3.70. The van der Waals surface area contributed by atoms with Gasteiger partial charge in [0.1, 0.15) is 6.04 Å². The van der Waals surface area contributed by atoms with E-state index in [1.54, 1.807) is 4.90 Å². The van der Waals surface area contributed by atoms with Gasteiger partial charge in [-0.05, 0) is 50.3 Å². The fraction of sp³-hybridized carbons (Fsp3) is 0.440. The predicted octanol–water partition coefficient (Wildman–Crippen LogP) is 4.49. The first-order valence-electron chi connectivity index (χ1n) is 10.5. The van der Waals surface area contributed by atoms with Gasteiger partial charge in [-0.25, -0.2) is 0 Å². The van der Waals surface area contributed by atoms with Gasteiger partial charge < -0.3 is 10.2 Å². The van der Waals surface area contributed by atoms with Crippen molar-refractivity contribution in [2.24, 2.45) is 0 Å². The summed E-state index contributed by atoms with van der Waals surface area (Å²) in [6.07, 6.45) is 1.75. The molecule has 0 heterocycles. The molecule has 0 saturated carbocycles. The number of aryl methyl sites for hydroxylation is 3. The lowest BCUT2D eigenvalue weighted by molar-refractivity contribution is -0.140. The van der Waals surface area contributed by atoms with Crippen LogP contribution in [0.15, 0.2) is 42.5 Å². The maximum absolute atomic E-state index is 13.4. The van der Waals surface area contributed by atoms with Gasteiger partial charge in [0.25, 0.3) is 0 Å². The van der Waals surface area contributed by atoms with Crippen LogP contribution in [0.1, 0.15) is 54.5 Å². The molecule has 0 bridgehead atoms. The van der Waals surface area contributed by atoms with Gasteiger partial charge in [0, 0.05) is 13.1 Å². The van der Waals surface area contributed by atoms with Gasteiger partial charge in [0.05, 0.1) is 6.42 Å². The third-order valence-electron chi connectivity index (χ3n) is 5.17. The lowest BCUT2D eigenvalue weighted by Crippen LogP contribution is -2.49. The van der Waals surface area contributed by atoms with Gasteiger partial charge in [-0.3, -0.25) is 9.59 Å². The molecule has 0 aliphatic rings. The van der Waals surface area contributed by atoms with Crippen LogP contribution in [0, 0.1) is 20.8 Å². The Bertz CT molecular complexity index is 824. The summed E-state index contributed by atoms with van der Waals surface area (Å²) in [5.74, 6) is -0.0894. The summed E-state index contributed by atoms with van der Waals surface area (Å²) in [7, 11) is 0. The molecule has 1 N–H and O–H groups in total. The number of carbonyl (C=O) groups is 2. The number of hydrogen-bond donors (Lipinski definition) is 1. The molecule has 4 heteroatoms. The molecule has 0 radical (unpaired) electrons. The highest BCUT2D eigenvalue weighted by Gasteiger charge is 2.28. The minimum atomic E-state index is -0.473. The van der Waals surface area contributed by atoms with Gasteiger partial charge in [0.2, 0.25) is 11.8 Å². The van der Waals surface area contributed by atoms with E-state index in [9.17, 15) is 9.59 Å². The first-order valence-corrected chi connectivity index (χ1v) is 10.5. The monoisotopic (exact) mass is 394 g/mol. The Labute approximate surface area is 175 Å². The molecule has 2 amide bonds. The zero-order valence-corrected chi connectivity index (χ0v) is 18.4. The van der Waals surface area contributed by atoms with Gasteiger partial charge in [0.15, 0.2) is 0 Å². The summed E-state index contributed by atoms with van der Waals surface area (Å²) < 4.78 is 0. The lowest BCUT2D eigenvalue weighted by atomic mass is 10.0. The van der Waals surface area contributed by atoms with Gasteiger partial charge >= 0.3 is 0 Å². The average molecular weight is 395 g/mol. The predicted molar refractivity (Wildman–Crippen MR) is 119 cm³/mol. The van der Waals surface area contributed by atoms with Crippen molar-refractivity contribution in [3.05, 3.63) is 70.3 Å². The molecule has 0 aliphatic carbocycles. The maximum Gasteiger partial charge on any atom is 0.242 e. The van der Waals surface area contributed by atoms with E-state index in [1.807, 2.05) is 58.9 Å². The molecule has 0 saturated heterocycles. The van der Waals surface area contributed by atoms with Gasteiger partial charge in [-0.1, -0.05) is 67.4 Å². The van der Waals surface area contributed by atoms with E-state index in [-0.39, 0.29) is 11.8 Å². The Hall–Kier alpha value is -2.62. The van der Waals surface area contributed by atoms with Crippen LogP contribution in [0.4, 0.5) is 0 Å². The topological polar surface area (TPSA) is 49.4 Å². The van der Waals surface area contributed by atoms with Crippen molar-refractivity contribution < 1.29 is 9.59 Å². The highest BCUT2D eigenvalue weighted by Crippen LogP contribution is 2.18. The standard InChI is InChI=1S/C25H34N2O2/c1-6-12-26-25(29)23(7-2)27(17-22-11-9-8-10-20(22)5)24(28)16-21-14-18(3)13-19(4)15-21/h8-11,13-15,23H,6-7,12,16-17H2,1-5H3,(H,26,29)/t23-/m0/s1. The Morgan fingerprint density at radius 1 is 1.00 bits per heavy atom. The number of nitrogens with one attached hydrogen (secondary N) is 1. The van der Waals surface area contributed by atoms with Crippen LogP contribution in [0.3, 0.4) is 0 Å². The molecule has 0 aliphatic heterocycles. The van der Waals surface area contributed by atoms with Crippen LogP contribution in [0.5, 0.6) is 0 Å². The van der Waals surface area contributed by atoms with Crippen LogP contribution in [0.2, 0.25) is 0 Å². The zero-order chi connectivity index (χ0) is 21.4. The maximum atomic E-state index is 13.4. The number of hydrogen-bond acceptors (Lipinski definition) is 2. The molecule has 0 aromatic heterocycles. The van der Waals surface area contributed by atoms with E-state index >= 15 is 0 Å². The van der Waals surface area contributed by atoms with Gasteiger partial charge in [-0.15, -0.1) is 0 Å². The fourth-order valence-electron chi connectivity index (χ4n) is 3.70. The Morgan fingerprint density at radius 2 is 1.66 bits per heavy atom. The SMILES string of the molecule is CCCNC(=O)[C@H](CC)N(Cc1ccccc1C)C(=O)Cc1cc(C)cc(C)c1. The van der Waals surface area contributed by atoms with Gasteiger partial charge in [-0.2, -0.15) is 0 Å². The molecule has 2 aromatic carbocycles. The van der Waals surface area contributed by atoms with Crippen LogP contribution in [-0.2, 0) is 22.6 Å². The second-order valence-electron chi connectivity index (χ2n) is 7.84. The van der Waals surface area contributed by atoms with Crippen LogP contribution in [-0.4, -0.2) is 29.3 Å². The van der Waals surface area contributed by atoms with Crippen molar-refractivity contribution in [3.8, 4) is 0 Å². The van der Waals surface area contributed by atoms with E-state index in [4.69, 9.17) is 0 Å². The van der Waals surface area contributed by atoms with Crippen molar-refractivity contribution in [2.75, 3.05) is 6.54 Å². The lowest BCUT2D eigenvalue weighted by Gasteiger charge is -2.31. The van der Waals surface area contributed by atoms with Crippen LogP contribution >= 0.6 is 0 Å². The Morgan fingerprint density at radius 3 is 2.24 bits per heavy atom. The third-order valence-corrected chi connectivity index (χ3v) is 5.17. The summed E-state index contributed by atoms with van der Waals surface area (Å²) in [5, 5.41) is 2.97. The second-order valence-corrected chi connectivity index (χ2v) is 7.84. The number of benzene rings is 2. The molecule has 2 rings (SSSR count). The Balaban J connectivity index is 2.32. The van der Waals surface area contributed by atoms with E-state index in [1.165, 1.54) is 0 Å². The van der Waals surface area contributed by atoms with Crippen molar-refractivity contribution in [1.82, 2.24) is 10.2 Å². The Kier molecular flexibility index (Phi) is 8.44. The summed E-state index contributed by atoms with van der Waals surface area (Å²) in [5.41, 5.74) is 5.48. The zero-order valence-electron chi connectivity index (χ0n) is 18.4. The minimum absolute atomic E-state index is 0.0169. The average Bonchev–Trinajstić information content (AvgIpc) is 2.66. The number of nitrogens with zero attached hydrogens (tertiary/aromatic N) is 1. The normalized spacial score (nSPS) is 11.8. The smallest absolute Gasteiger partial charge is 0.242 e. The molecule has 4 nitrogen and oxygen atoms in total. The first kappa shape index (κ1) is 22.7. The van der Waals surface area contributed by atoms with E-state index in [0.29, 0.717) is 25.9 Å². The number of carbonyl (C=O) groups excluding carboxylic acids is 2. The third kappa shape index (κ3) is 6.45. The van der Waals surface area contributed by atoms with Crippen molar-refractivity contribution >= 4 is 11.8 Å². The van der Waals surface area contributed by atoms with E-state index < -0.39 is 6.04 Å². The van der Waals surface area contributed by atoms with Crippen molar-refractivity contribution in [2.45, 2.75) is 66.5 Å². The van der Waals surface area contributed by atoms with Crippen LogP contribution in [0.25, 0.3) is 0 Å². The summed E-state index contributed by atoms with van der Waals surface area (Å²) >= 11 is 0. The molecule has 0 fully saturated rings. The van der Waals surface area contributed by atoms with Crippen LogP contribution < -0.4 is 5.32 Å². The molecule has 0 unspecified atom stereocenters. The summed E-state index contributed by atoms with van der Waals surface area (Å²) in [6, 6.07) is 13.8. The first-order chi connectivity index (χ1) is 13.8.